The van der Waals surface area contributed by atoms with E-state index in [4.69, 9.17) is 0 Å². The number of nitrogens with zero attached hydrogens (tertiary/aromatic N) is 1. The minimum Gasteiger partial charge on any atom is -0.349 e. The molecule has 2 fully saturated rings. The summed E-state index contributed by atoms with van der Waals surface area (Å²) in [4.78, 5) is 25.7. The number of carbonyl (C=O) groups excluding carboxylic acids is 2. The minimum absolute atomic E-state index is 0.0517. The molecule has 0 unspecified atom stereocenters. The molecule has 2 aromatic rings. The molecule has 0 radical (unpaired) electrons. The van der Waals surface area contributed by atoms with E-state index in [0.717, 1.165) is 30.2 Å². The molecule has 2 atom stereocenters. The second kappa shape index (κ2) is 8.14. The van der Waals surface area contributed by atoms with Gasteiger partial charge in [-0.1, -0.05) is 18.2 Å². The highest BCUT2D eigenvalue weighted by Crippen LogP contribution is 2.42. The van der Waals surface area contributed by atoms with Crippen LogP contribution in [0.2, 0.25) is 0 Å². The number of anilines is 1. The summed E-state index contributed by atoms with van der Waals surface area (Å²) in [5.74, 6) is -1.71. The lowest BCUT2D eigenvalue weighted by Gasteiger charge is -2.39. The summed E-state index contributed by atoms with van der Waals surface area (Å²) >= 11 is 0. The van der Waals surface area contributed by atoms with Gasteiger partial charge >= 0.3 is 0 Å². The standard InChI is InChI=1S/C23H25F2N3O2/c1-15(29)26-18-7-5-17(6-8-18)19-13-28(12-16-4-9-20(24)21(25)11-16)14-23(19)10-2-3-22(30)27-23/h4-9,11,19H,2-3,10,12-14H2,1H3,(H,26,29)(H,27,30)/t19-,23+/m0/s1. The predicted molar refractivity (Wildman–Crippen MR) is 110 cm³/mol. The molecule has 2 aliphatic heterocycles. The summed E-state index contributed by atoms with van der Waals surface area (Å²) in [6.07, 6.45) is 2.22. The first-order valence-electron chi connectivity index (χ1n) is 10.2. The number of nitrogens with one attached hydrogen (secondary N) is 2. The highest BCUT2D eigenvalue weighted by molar-refractivity contribution is 5.88. The van der Waals surface area contributed by atoms with Crippen molar-refractivity contribution in [2.24, 2.45) is 0 Å². The second-order valence-electron chi connectivity index (χ2n) is 8.33. The lowest BCUT2D eigenvalue weighted by molar-refractivity contribution is -0.125. The van der Waals surface area contributed by atoms with Crippen molar-refractivity contribution in [3.8, 4) is 0 Å². The van der Waals surface area contributed by atoms with Crippen molar-refractivity contribution in [3.63, 3.8) is 0 Å². The van der Waals surface area contributed by atoms with E-state index in [1.54, 1.807) is 6.07 Å². The SMILES string of the molecule is CC(=O)Nc1ccc([C@@H]2CN(Cc3ccc(F)c(F)c3)C[C@]23CCCC(=O)N3)cc1. The van der Waals surface area contributed by atoms with Gasteiger partial charge in [0.05, 0.1) is 5.54 Å². The number of likely N-dealkylation sites (tertiary alicyclic amines) is 1. The number of amides is 2. The Morgan fingerprint density at radius 2 is 1.97 bits per heavy atom. The maximum Gasteiger partial charge on any atom is 0.221 e. The van der Waals surface area contributed by atoms with E-state index in [2.05, 4.69) is 15.5 Å². The van der Waals surface area contributed by atoms with Crippen molar-refractivity contribution >= 4 is 17.5 Å². The number of carbonyl (C=O) groups is 2. The van der Waals surface area contributed by atoms with Crippen LogP contribution in [0.4, 0.5) is 14.5 Å². The van der Waals surface area contributed by atoms with E-state index in [-0.39, 0.29) is 23.3 Å². The number of rotatable bonds is 4. The molecule has 0 bridgehead atoms. The Kier molecular flexibility index (Phi) is 5.56. The molecule has 2 aromatic carbocycles. The third-order valence-corrected chi connectivity index (χ3v) is 6.05. The van der Waals surface area contributed by atoms with Crippen LogP contribution >= 0.6 is 0 Å². The van der Waals surface area contributed by atoms with Crippen LogP contribution in [0.5, 0.6) is 0 Å². The Labute approximate surface area is 174 Å². The zero-order valence-corrected chi connectivity index (χ0v) is 16.9. The zero-order valence-electron chi connectivity index (χ0n) is 16.9. The molecule has 2 saturated heterocycles. The Bertz CT molecular complexity index is 963. The fourth-order valence-corrected chi connectivity index (χ4v) is 4.80. The largest absolute Gasteiger partial charge is 0.349 e. The van der Waals surface area contributed by atoms with Crippen LogP contribution in [0.15, 0.2) is 42.5 Å². The second-order valence-corrected chi connectivity index (χ2v) is 8.33. The Balaban J connectivity index is 1.59. The lowest BCUT2D eigenvalue weighted by atomic mass is 9.76. The van der Waals surface area contributed by atoms with Crippen molar-refractivity contribution in [1.29, 1.82) is 0 Å². The smallest absolute Gasteiger partial charge is 0.221 e. The van der Waals surface area contributed by atoms with Crippen LogP contribution in [0.1, 0.15) is 43.2 Å². The average Bonchev–Trinajstić information content (AvgIpc) is 3.01. The van der Waals surface area contributed by atoms with Crippen molar-refractivity contribution in [2.45, 2.75) is 44.2 Å². The molecule has 2 N–H and O–H groups in total. The van der Waals surface area contributed by atoms with Gasteiger partial charge < -0.3 is 10.6 Å². The normalized spacial score (nSPS) is 24.1. The molecule has 1 spiro atoms. The first-order chi connectivity index (χ1) is 14.3. The van der Waals surface area contributed by atoms with Gasteiger partial charge in [0.2, 0.25) is 11.8 Å². The van der Waals surface area contributed by atoms with Crippen LogP contribution in [-0.4, -0.2) is 35.3 Å². The molecule has 158 valence electrons. The van der Waals surface area contributed by atoms with E-state index in [1.807, 2.05) is 24.3 Å². The molecule has 4 rings (SSSR count). The lowest BCUT2D eigenvalue weighted by Crippen LogP contribution is -2.56. The molecule has 0 saturated carbocycles. The van der Waals surface area contributed by atoms with Crippen LogP contribution in [0.25, 0.3) is 0 Å². The molecule has 2 heterocycles. The van der Waals surface area contributed by atoms with E-state index >= 15 is 0 Å². The van der Waals surface area contributed by atoms with Gasteiger partial charge in [-0.25, -0.2) is 8.78 Å². The fourth-order valence-electron chi connectivity index (χ4n) is 4.80. The molecular formula is C23H25F2N3O2. The van der Waals surface area contributed by atoms with Gasteiger partial charge in [-0.05, 0) is 48.2 Å². The van der Waals surface area contributed by atoms with Crippen molar-refractivity contribution < 1.29 is 18.4 Å². The number of halogens is 2. The van der Waals surface area contributed by atoms with Crippen LogP contribution < -0.4 is 10.6 Å². The minimum atomic E-state index is -0.853. The molecule has 5 nitrogen and oxygen atoms in total. The highest BCUT2D eigenvalue weighted by Gasteiger charge is 2.49. The van der Waals surface area contributed by atoms with E-state index in [9.17, 15) is 18.4 Å². The molecule has 30 heavy (non-hydrogen) atoms. The Hall–Kier alpha value is -2.80. The monoisotopic (exact) mass is 413 g/mol. The summed E-state index contributed by atoms with van der Waals surface area (Å²) in [6, 6.07) is 11.7. The topological polar surface area (TPSA) is 61.4 Å². The molecule has 7 heteroatoms. The molecular weight excluding hydrogens is 388 g/mol. The van der Waals surface area contributed by atoms with Gasteiger partial charge in [-0.15, -0.1) is 0 Å². The quantitative estimate of drug-likeness (QED) is 0.806. The summed E-state index contributed by atoms with van der Waals surface area (Å²) in [6.45, 7) is 3.29. The van der Waals surface area contributed by atoms with Gasteiger partial charge in [0.15, 0.2) is 11.6 Å². The highest BCUT2D eigenvalue weighted by atomic mass is 19.2. The molecule has 2 amide bonds. The molecule has 0 aromatic heterocycles. The number of piperidine rings is 1. The number of hydrogen-bond acceptors (Lipinski definition) is 3. The molecule has 2 aliphatic rings. The predicted octanol–water partition coefficient (Wildman–Crippen LogP) is 3.56. The summed E-state index contributed by atoms with van der Waals surface area (Å²) in [7, 11) is 0. The third-order valence-electron chi connectivity index (χ3n) is 6.05. The first kappa shape index (κ1) is 20.5. The van der Waals surface area contributed by atoms with Crippen LogP contribution in [0.3, 0.4) is 0 Å². The maximum atomic E-state index is 13.6. The zero-order chi connectivity index (χ0) is 21.3. The summed E-state index contributed by atoms with van der Waals surface area (Å²) < 4.78 is 26.9. The van der Waals surface area contributed by atoms with E-state index in [0.29, 0.717) is 31.6 Å². The van der Waals surface area contributed by atoms with Gasteiger partial charge in [-0.2, -0.15) is 0 Å². The van der Waals surface area contributed by atoms with Crippen molar-refractivity contribution in [1.82, 2.24) is 10.2 Å². The van der Waals surface area contributed by atoms with E-state index in [1.165, 1.54) is 13.0 Å². The summed E-state index contributed by atoms with van der Waals surface area (Å²) in [5.41, 5.74) is 2.13. The van der Waals surface area contributed by atoms with Crippen LogP contribution in [0, 0.1) is 11.6 Å². The Morgan fingerprint density at radius 1 is 1.20 bits per heavy atom. The van der Waals surface area contributed by atoms with Crippen molar-refractivity contribution in [2.75, 3.05) is 18.4 Å². The Morgan fingerprint density at radius 3 is 2.63 bits per heavy atom. The van der Waals surface area contributed by atoms with Gasteiger partial charge in [0, 0.05) is 44.6 Å². The number of hydrogen-bond donors (Lipinski definition) is 2. The first-order valence-corrected chi connectivity index (χ1v) is 10.2. The van der Waals surface area contributed by atoms with Crippen molar-refractivity contribution in [3.05, 3.63) is 65.2 Å². The fraction of sp³-hybridized carbons (Fsp3) is 0.391. The summed E-state index contributed by atoms with van der Waals surface area (Å²) in [5, 5.41) is 6.01. The van der Waals surface area contributed by atoms with Gasteiger partial charge in [-0.3, -0.25) is 14.5 Å². The third kappa shape index (κ3) is 4.21. The maximum absolute atomic E-state index is 13.6. The van der Waals surface area contributed by atoms with Crippen LogP contribution in [-0.2, 0) is 16.1 Å². The average molecular weight is 413 g/mol. The number of benzene rings is 2. The van der Waals surface area contributed by atoms with Gasteiger partial charge in [0.1, 0.15) is 0 Å². The van der Waals surface area contributed by atoms with Gasteiger partial charge in [0.25, 0.3) is 0 Å². The van der Waals surface area contributed by atoms with E-state index < -0.39 is 11.6 Å². The molecule has 0 aliphatic carbocycles.